The fourth-order valence-electron chi connectivity index (χ4n) is 4.84. The van der Waals surface area contributed by atoms with Crippen LogP contribution in [0.1, 0.15) is 40.7 Å². The van der Waals surface area contributed by atoms with Crippen LogP contribution in [-0.4, -0.2) is 28.8 Å². The highest BCUT2D eigenvalue weighted by Crippen LogP contribution is 2.30. The molecule has 0 unspecified atom stereocenters. The fraction of sp³-hybridized carbons (Fsp3) is 0.171. The van der Waals surface area contributed by atoms with Crippen molar-refractivity contribution in [2.75, 3.05) is 10.6 Å². The molecule has 1 aromatic heterocycles. The van der Waals surface area contributed by atoms with E-state index in [1.807, 2.05) is 54.6 Å². The van der Waals surface area contributed by atoms with Gasteiger partial charge in [0.25, 0.3) is 0 Å². The van der Waals surface area contributed by atoms with Crippen molar-refractivity contribution in [2.45, 2.75) is 37.9 Å². The van der Waals surface area contributed by atoms with Gasteiger partial charge in [-0.2, -0.15) is 13.2 Å². The average Bonchev–Trinajstić information content (AvgIpc) is 3.45. The van der Waals surface area contributed by atoms with E-state index in [2.05, 4.69) is 10.6 Å². The van der Waals surface area contributed by atoms with Crippen LogP contribution in [0.25, 0.3) is 22.3 Å². The Morgan fingerprint density at radius 2 is 1.47 bits per heavy atom. The molecule has 1 atom stereocenters. The predicted octanol–water partition coefficient (Wildman–Crippen LogP) is 8.22. The van der Waals surface area contributed by atoms with Crippen LogP contribution in [0.3, 0.4) is 0 Å². The number of carbonyl (C=O) groups excluding carboxylic acids is 2. The number of carbonyl (C=O) groups is 3. The van der Waals surface area contributed by atoms with Crippen molar-refractivity contribution in [1.29, 1.82) is 0 Å². The molecule has 1 heterocycles. The monoisotopic (exact) mass is 614 g/mol. The molecular weight excluding hydrogens is 585 g/mol. The van der Waals surface area contributed by atoms with Gasteiger partial charge >= 0.3 is 12.1 Å². The molecule has 0 saturated heterocycles. The van der Waals surface area contributed by atoms with E-state index in [9.17, 15) is 27.6 Å². The molecule has 0 aliphatic rings. The summed E-state index contributed by atoms with van der Waals surface area (Å²) in [4.78, 5) is 36.6. The van der Waals surface area contributed by atoms with Crippen molar-refractivity contribution >= 4 is 40.0 Å². The van der Waals surface area contributed by atoms with E-state index >= 15 is 0 Å². The largest absolute Gasteiger partial charge is 0.481 e. The Hall–Kier alpha value is -5.38. The summed E-state index contributed by atoms with van der Waals surface area (Å²) >= 11 is 0. The third kappa shape index (κ3) is 8.17. The van der Waals surface area contributed by atoms with Crippen LogP contribution >= 0.6 is 0 Å². The van der Waals surface area contributed by atoms with E-state index < -0.39 is 29.7 Å². The molecule has 0 bridgehead atoms. The van der Waals surface area contributed by atoms with Crippen molar-refractivity contribution in [3.63, 3.8) is 0 Å². The van der Waals surface area contributed by atoms with Crippen molar-refractivity contribution < 1.29 is 37.1 Å². The van der Waals surface area contributed by atoms with E-state index in [1.165, 1.54) is 12.1 Å². The lowest BCUT2D eigenvalue weighted by atomic mass is 10.0. The zero-order chi connectivity index (χ0) is 32.0. The maximum atomic E-state index is 13.4. The number of Topliss-reactive ketones (excluding diaryl/α,β-unsaturated/α-hetero) is 1. The third-order valence-electron chi connectivity index (χ3n) is 7.24. The van der Waals surface area contributed by atoms with E-state index in [1.54, 1.807) is 24.3 Å². The van der Waals surface area contributed by atoms with Crippen LogP contribution in [0.2, 0.25) is 0 Å². The molecule has 5 aromatic rings. The molecule has 0 radical (unpaired) electrons. The predicted molar refractivity (Wildman–Crippen MR) is 165 cm³/mol. The second kappa shape index (κ2) is 13.5. The third-order valence-corrected chi connectivity index (χ3v) is 7.24. The van der Waals surface area contributed by atoms with Crippen LogP contribution in [0, 0.1) is 0 Å². The number of carboxylic acids is 1. The Kier molecular flexibility index (Phi) is 9.32. The number of furan rings is 1. The van der Waals surface area contributed by atoms with Crippen LogP contribution in [-0.2, 0) is 22.2 Å². The highest BCUT2D eigenvalue weighted by atomic mass is 19.4. The van der Waals surface area contributed by atoms with E-state index in [0.29, 0.717) is 17.0 Å². The molecule has 0 spiro atoms. The summed E-state index contributed by atoms with van der Waals surface area (Å²) < 4.78 is 45.0. The van der Waals surface area contributed by atoms with Crippen LogP contribution in [0.4, 0.5) is 24.5 Å². The Labute approximate surface area is 256 Å². The number of hydrogen-bond donors (Lipinski definition) is 3. The summed E-state index contributed by atoms with van der Waals surface area (Å²) in [5.41, 5.74) is 2.80. The molecule has 1 amide bonds. The number of fused-ring (bicyclic) bond motifs is 1. The lowest BCUT2D eigenvalue weighted by Gasteiger charge is -2.20. The number of alkyl halides is 3. The molecule has 4 aromatic carbocycles. The Morgan fingerprint density at radius 1 is 0.800 bits per heavy atom. The van der Waals surface area contributed by atoms with Crippen LogP contribution in [0.5, 0.6) is 0 Å². The zero-order valence-electron chi connectivity index (χ0n) is 23.9. The molecule has 5 rings (SSSR count). The Morgan fingerprint density at radius 3 is 2.11 bits per heavy atom. The van der Waals surface area contributed by atoms with Crippen LogP contribution < -0.4 is 10.6 Å². The van der Waals surface area contributed by atoms with Gasteiger partial charge in [0.15, 0.2) is 5.78 Å². The highest BCUT2D eigenvalue weighted by molar-refractivity contribution is 5.98. The minimum atomic E-state index is -4.50. The quantitative estimate of drug-likeness (QED) is 0.122. The lowest BCUT2D eigenvalue weighted by Crippen LogP contribution is -2.36. The second-order valence-electron chi connectivity index (χ2n) is 10.6. The first kappa shape index (κ1) is 31.1. The van der Waals surface area contributed by atoms with Gasteiger partial charge in [0, 0.05) is 47.2 Å². The van der Waals surface area contributed by atoms with E-state index in [-0.39, 0.29) is 37.2 Å². The van der Waals surface area contributed by atoms with Gasteiger partial charge in [0.05, 0.1) is 5.56 Å². The van der Waals surface area contributed by atoms with Gasteiger partial charge in [-0.1, -0.05) is 42.5 Å². The van der Waals surface area contributed by atoms with Gasteiger partial charge in [-0.05, 0) is 72.6 Å². The zero-order valence-corrected chi connectivity index (χ0v) is 23.9. The number of aliphatic carboxylic acids is 1. The number of carboxylic acid groups (broad SMARTS) is 1. The average molecular weight is 615 g/mol. The topological polar surface area (TPSA) is 109 Å². The summed E-state index contributed by atoms with van der Waals surface area (Å²) in [5.74, 6) is -0.920. The van der Waals surface area contributed by atoms with Crippen LogP contribution in [0.15, 0.2) is 108 Å². The Bertz CT molecular complexity index is 1760. The first-order valence-corrected chi connectivity index (χ1v) is 14.2. The molecule has 7 nitrogen and oxygen atoms in total. The smallest absolute Gasteiger partial charge is 0.416 e. The van der Waals surface area contributed by atoms with E-state index in [0.717, 1.165) is 34.2 Å². The van der Waals surface area contributed by atoms with Gasteiger partial charge in [-0.3, -0.25) is 14.4 Å². The summed E-state index contributed by atoms with van der Waals surface area (Å²) in [5, 5.41) is 15.6. The van der Waals surface area contributed by atoms with Crippen molar-refractivity contribution in [2.24, 2.45) is 0 Å². The minimum Gasteiger partial charge on any atom is -0.481 e. The Balaban J connectivity index is 1.32. The van der Waals surface area contributed by atoms with Crippen molar-refractivity contribution in [3.8, 4) is 11.3 Å². The molecule has 3 N–H and O–H groups in total. The van der Waals surface area contributed by atoms with Gasteiger partial charge in [-0.15, -0.1) is 0 Å². The number of rotatable bonds is 12. The molecule has 0 aliphatic carbocycles. The number of ketones is 1. The molecule has 230 valence electrons. The molecule has 45 heavy (non-hydrogen) atoms. The molecule has 0 aliphatic heterocycles. The first-order chi connectivity index (χ1) is 21.5. The summed E-state index contributed by atoms with van der Waals surface area (Å²) in [6.07, 6.45) is -4.02. The van der Waals surface area contributed by atoms with Gasteiger partial charge < -0.3 is 20.2 Å². The molecular formula is C35H29F3N2O5. The lowest BCUT2D eigenvalue weighted by molar-refractivity contribution is -0.138. The number of para-hydroxylation sites is 1. The summed E-state index contributed by atoms with van der Waals surface area (Å²) in [6.45, 7) is 0. The number of anilines is 2. The highest BCUT2D eigenvalue weighted by Gasteiger charge is 2.30. The second-order valence-corrected chi connectivity index (χ2v) is 10.6. The molecule has 0 fully saturated rings. The van der Waals surface area contributed by atoms with Crippen molar-refractivity contribution in [3.05, 3.63) is 120 Å². The maximum Gasteiger partial charge on any atom is 0.416 e. The van der Waals surface area contributed by atoms with Gasteiger partial charge in [-0.25, -0.2) is 0 Å². The minimum absolute atomic E-state index is 0.0969. The van der Waals surface area contributed by atoms with E-state index in [4.69, 9.17) is 9.52 Å². The number of amides is 1. The SMILES string of the molecule is O=C(O)CCCC(=O)c1ccc(N[C@H](Cc2ccc(-c3cc4ccccc4o3)cc2)C(=O)Nc2ccc(C(F)(F)F)cc2)cc1. The standard InChI is InChI=1S/C35H29F3N2O5/c36-35(37,38)26-14-18-28(19-15-26)40-34(44)29(39-27-16-12-23(13-17-27)30(41)5-3-7-33(42)43)20-22-8-10-24(11-9-22)32-21-25-4-1-2-6-31(25)45-32/h1-2,4,6,8-19,21,29,39H,3,5,7,20H2,(H,40,44)(H,42,43)/t29-/m1/s1. The number of nitrogens with one attached hydrogen (secondary N) is 2. The first-order valence-electron chi connectivity index (χ1n) is 14.2. The number of halogens is 3. The van der Waals surface area contributed by atoms with Crippen molar-refractivity contribution in [1.82, 2.24) is 0 Å². The fourth-order valence-corrected chi connectivity index (χ4v) is 4.84. The summed E-state index contributed by atoms with van der Waals surface area (Å²) in [6, 6.07) is 27.0. The van der Waals surface area contributed by atoms with Gasteiger partial charge in [0.2, 0.25) is 5.91 Å². The normalized spacial score (nSPS) is 12.1. The summed E-state index contributed by atoms with van der Waals surface area (Å²) in [7, 11) is 0. The number of hydrogen-bond acceptors (Lipinski definition) is 5. The maximum absolute atomic E-state index is 13.4. The molecule has 0 saturated carbocycles. The molecule has 10 heteroatoms. The van der Waals surface area contributed by atoms with Gasteiger partial charge in [0.1, 0.15) is 17.4 Å². The number of benzene rings is 4.